The molecule has 0 heterocycles. The van der Waals surface area contributed by atoms with Crippen LogP contribution in [0.3, 0.4) is 0 Å². The van der Waals surface area contributed by atoms with E-state index < -0.39 is 0 Å². The zero-order chi connectivity index (χ0) is 43.5. The molecule has 0 amide bonds. The molecule has 0 unspecified atom stereocenters. The van der Waals surface area contributed by atoms with Crippen LogP contribution in [0.2, 0.25) is 0 Å². The summed E-state index contributed by atoms with van der Waals surface area (Å²) < 4.78 is 0. The summed E-state index contributed by atoms with van der Waals surface area (Å²) >= 11 is 0. The lowest BCUT2D eigenvalue weighted by molar-refractivity contribution is 0.660. The van der Waals surface area contributed by atoms with E-state index in [0.717, 1.165) is 56.4 Å². The summed E-state index contributed by atoms with van der Waals surface area (Å²) in [5.74, 6) is 0. The lowest BCUT2D eigenvalue weighted by Gasteiger charge is -2.26. The first-order chi connectivity index (χ1) is 30.7. The van der Waals surface area contributed by atoms with Gasteiger partial charge in [-0.15, -0.1) is 0 Å². The van der Waals surface area contributed by atoms with Crippen molar-refractivity contribution >= 4 is 58.4 Å². The third-order valence-corrected chi connectivity index (χ3v) is 11.9. The van der Waals surface area contributed by atoms with E-state index in [1.165, 1.54) is 33.4 Å². The van der Waals surface area contributed by atoms with Crippen LogP contribution in [0.25, 0.3) is 35.4 Å². The maximum Gasteiger partial charge on any atom is 0.0992 e. The van der Waals surface area contributed by atoms with Gasteiger partial charge in [0, 0.05) is 39.5 Å². The van der Waals surface area contributed by atoms with Crippen molar-refractivity contribution in [2.75, 3.05) is 9.80 Å². The topological polar surface area (TPSA) is 54.1 Å². The number of rotatable bonds is 10. The Morgan fingerprint density at radius 1 is 0.381 bits per heavy atom. The van der Waals surface area contributed by atoms with E-state index in [-0.39, 0.29) is 5.41 Å². The van der Waals surface area contributed by atoms with Crippen LogP contribution in [0.1, 0.15) is 69.5 Å². The Balaban J connectivity index is 0.922. The SMILES string of the molecule is Cc1cccc(N(c2ccc(/C=C/c3ccc4c(c3)C(C)(C)c3cc(/C=C/c5ccc(N(c6cccc(C)c6)c6cccc(C#N)c6)cc5)ccc3-4)cc2)c2cccc(C#N)c2)c1. The van der Waals surface area contributed by atoms with Gasteiger partial charge in [0.1, 0.15) is 0 Å². The van der Waals surface area contributed by atoms with E-state index in [0.29, 0.717) is 11.1 Å². The highest BCUT2D eigenvalue weighted by molar-refractivity contribution is 5.86. The van der Waals surface area contributed by atoms with Gasteiger partial charge in [-0.25, -0.2) is 0 Å². The maximum absolute atomic E-state index is 9.61. The predicted molar refractivity (Wildman–Crippen MR) is 263 cm³/mol. The smallest absolute Gasteiger partial charge is 0.0992 e. The van der Waals surface area contributed by atoms with Crippen molar-refractivity contribution in [1.29, 1.82) is 10.5 Å². The van der Waals surface area contributed by atoms with Crippen molar-refractivity contribution in [2.24, 2.45) is 0 Å². The lowest BCUT2D eigenvalue weighted by Crippen LogP contribution is -2.15. The Bertz CT molecular complexity index is 2920. The molecule has 0 atom stereocenters. The van der Waals surface area contributed by atoms with E-state index in [9.17, 15) is 10.5 Å². The van der Waals surface area contributed by atoms with Crippen LogP contribution in [0.5, 0.6) is 0 Å². The number of hydrogen-bond donors (Lipinski definition) is 0. The number of benzene rings is 8. The first-order valence-corrected chi connectivity index (χ1v) is 21.3. The first-order valence-electron chi connectivity index (χ1n) is 21.3. The summed E-state index contributed by atoms with van der Waals surface area (Å²) in [7, 11) is 0. The minimum atomic E-state index is -0.161. The summed E-state index contributed by atoms with van der Waals surface area (Å²) in [4.78, 5) is 4.39. The molecule has 0 saturated heterocycles. The van der Waals surface area contributed by atoms with Crippen LogP contribution in [-0.4, -0.2) is 0 Å². The Hall–Kier alpha value is -8.18. The number of hydrogen-bond acceptors (Lipinski definition) is 4. The fourth-order valence-corrected chi connectivity index (χ4v) is 8.69. The third-order valence-electron chi connectivity index (χ3n) is 11.9. The molecular formula is C59H46N4. The quantitative estimate of drug-likeness (QED) is 0.129. The number of anilines is 6. The zero-order valence-electron chi connectivity index (χ0n) is 35.9. The van der Waals surface area contributed by atoms with Gasteiger partial charge in [-0.2, -0.15) is 10.5 Å². The van der Waals surface area contributed by atoms with Gasteiger partial charge in [0.15, 0.2) is 0 Å². The second-order valence-electron chi connectivity index (χ2n) is 16.8. The normalized spacial score (nSPS) is 12.4. The molecule has 0 saturated carbocycles. The van der Waals surface area contributed by atoms with Gasteiger partial charge in [-0.1, -0.05) is 135 Å². The second kappa shape index (κ2) is 17.1. The first kappa shape index (κ1) is 40.2. The average Bonchev–Trinajstić information content (AvgIpc) is 3.53. The predicted octanol–water partition coefficient (Wildman–Crippen LogP) is 15.6. The molecule has 0 fully saturated rings. The van der Waals surface area contributed by atoms with Gasteiger partial charge in [-0.3, -0.25) is 0 Å². The monoisotopic (exact) mass is 810 g/mol. The summed E-state index contributed by atoms with van der Waals surface area (Å²) in [5.41, 5.74) is 19.3. The Labute approximate surface area is 371 Å². The van der Waals surface area contributed by atoms with Crippen LogP contribution in [0, 0.1) is 36.5 Å². The minimum absolute atomic E-state index is 0.161. The van der Waals surface area contributed by atoms with Gasteiger partial charge < -0.3 is 9.80 Å². The van der Waals surface area contributed by atoms with E-state index in [1.54, 1.807) is 0 Å². The van der Waals surface area contributed by atoms with Crippen LogP contribution >= 0.6 is 0 Å². The molecule has 1 aliphatic carbocycles. The highest BCUT2D eigenvalue weighted by Crippen LogP contribution is 2.49. The van der Waals surface area contributed by atoms with Gasteiger partial charge in [0.05, 0.1) is 23.3 Å². The van der Waals surface area contributed by atoms with Crippen LogP contribution < -0.4 is 9.80 Å². The van der Waals surface area contributed by atoms with Crippen molar-refractivity contribution in [3.05, 3.63) is 238 Å². The van der Waals surface area contributed by atoms with Crippen molar-refractivity contribution in [3.8, 4) is 23.3 Å². The van der Waals surface area contributed by atoms with Crippen molar-refractivity contribution < 1.29 is 0 Å². The largest absolute Gasteiger partial charge is 0.310 e. The summed E-state index contributed by atoms with van der Waals surface area (Å²) in [6.07, 6.45) is 8.75. The molecule has 63 heavy (non-hydrogen) atoms. The van der Waals surface area contributed by atoms with Crippen molar-refractivity contribution in [2.45, 2.75) is 33.1 Å². The molecule has 1 aliphatic rings. The van der Waals surface area contributed by atoms with E-state index in [1.807, 2.05) is 48.5 Å². The standard InChI is InChI=1S/C59H46N4/c1-41-9-5-13-51(33-41)62(53-15-7-11-47(35-53)39-60)49-27-21-43(22-28-49)17-19-45-25-31-55-56-32-26-46(38-58(56)59(3,4)57(55)37-45)20-18-44-23-29-50(30-24-44)63(52-14-6-10-42(2)34-52)54-16-8-12-48(36-54)40-61/h5-38H,1-4H3/b19-17+,20-18+. The number of fused-ring (bicyclic) bond motifs is 3. The summed E-state index contributed by atoms with van der Waals surface area (Å²) in [6, 6.07) is 67.8. The van der Waals surface area contributed by atoms with E-state index >= 15 is 0 Å². The zero-order valence-corrected chi connectivity index (χ0v) is 35.9. The molecule has 8 aromatic carbocycles. The molecule has 4 nitrogen and oxygen atoms in total. The molecule has 0 bridgehead atoms. The van der Waals surface area contributed by atoms with Crippen molar-refractivity contribution in [3.63, 3.8) is 0 Å². The molecule has 0 aliphatic heterocycles. The van der Waals surface area contributed by atoms with Crippen molar-refractivity contribution in [1.82, 2.24) is 0 Å². The number of aryl methyl sites for hydroxylation is 2. The molecule has 0 N–H and O–H groups in total. The van der Waals surface area contributed by atoms with Crippen LogP contribution in [0.15, 0.2) is 182 Å². The molecule has 8 aromatic rings. The molecule has 0 spiro atoms. The van der Waals surface area contributed by atoms with Crippen LogP contribution in [0.4, 0.5) is 34.1 Å². The third kappa shape index (κ3) is 8.32. The fourth-order valence-electron chi connectivity index (χ4n) is 8.69. The summed E-state index contributed by atoms with van der Waals surface area (Å²) in [5, 5.41) is 19.2. The highest BCUT2D eigenvalue weighted by atomic mass is 15.1. The van der Waals surface area contributed by atoms with Gasteiger partial charge in [-0.05, 0) is 154 Å². The van der Waals surface area contributed by atoms with Gasteiger partial charge in [0.25, 0.3) is 0 Å². The summed E-state index contributed by atoms with van der Waals surface area (Å²) in [6.45, 7) is 8.85. The van der Waals surface area contributed by atoms with Gasteiger partial charge >= 0.3 is 0 Å². The fraction of sp³-hybridized carbons (Fsp3) is 0.0847. The Morgan fingerprint density at radius 2 is 0.730 bits per heavy atom. The van der Waals surface area contributed by atoms with Gasteiger partial charge in [0.2, 0.25) is 0 Å². The average molecular weight is 811 g/mol. The Morgan fingerprint density at radius 3 is 1.11 bits per heavy atom. The molecule has 0 radical (unpaired) electrons. The van der Waals surface area contributed by atoms with E-state index in [2.05, 4.69) is 207 Å². The molecule has 0 aromatic heterocycles. The van der Waals surface area contributed by atoms with E-state index in [4.69, 9.17) is 0 Å². The lowest BCUT2D eigenvalue weighted by atomic mass is 9.81. The number of nitrogens with zero attached hydrogens (tertiary/aromatic N) is 4. The van der Waals surface area contributed by atoms with Crippen LogP contribution in [-0.2, 0) is 5.41 Å². The molecule has 302 valence electrons. The minimum Gasteiger partial charge on any atom is -0.310 e. The Kier molecular flexibility index (Phi) is 10.9. The maximum atomic E-state index is 9.61. The highest BCUT2D eigenvalue weighted by Gasteiger charge is 2.35. The second-order valence-corrected chi connectivity index (χ2v) is 16.8. The molecule has 9 rings (SSSR count). The molecular weight excluding hydrogens is 765 g/mol. The molecule has 4 heteroatoms. The number of nitriles is 2.